The number of carbonyl (C=O) groups is 1. The first-order chi connectivity index (χ1) is 13.6. The molecule has 4 aromatic rings. The predicted octanol–water partition coefficient (Wildman–Crippen LogP) is 4.56. The Bertz CT molecular complexity index is 1110. The van der Waals surface area contributed by atoms with Gasteiger partial charge in [0, 0.05) is 18.7 Å². The fourth-order valence-electron chi connectivity index (χ4n) is 3.23. The molecule has 1 N–H and O–H groups in total. The smallest absolute Gasteiger partial charge is 0.287 e. The number of hydrogen-bond acceptors (Lipinski definition) is 3. The molecule has 1 amide bonds. The third-order valence-corrected chi connectivity index (χ3v) is 4.65. The minimum atomic E-state index is -0.311. The lowest BCUT2D eigenvalue weighted by molar-refractivity contribution is 0.0926. The van der Waals surface area contributed by atoms with Crippen LogP contribution in [0.5, 0.6) is 0 Å². The molecule has 0 radical (unpaired) electrons. The number of benzene rings is 2. The van der Waals surface area contributed by atoms with Crippen molar-refractivity contribution in [2.75, 3.05) is 6.54 Å². The monoisotopic (exact) mass is 377 g/mol. The third kappa shape index (κ3) is 3.67. The Morgan fingerprint density at radius 1 is 1.11 bits per heavy atom. The first-order valence-corrected chi connectivity index (χ1v) is 9.17. The molecule has 142 valence electrons. The number of amides is 1. The Balaban J connectivity index is 1.33. The van der Waals surface area contributed by atoms with Crippen LogP contribution in [0.2, 0.25) is 0 Å². The Hall–Kier alpha value is -3.41. The second-order valence-corrected chi connectivity index (χ2v) is 6.58. The highest BCUT2D eigenvalue weighted by Gasteiger charge is 2.12. The van der Waals surface area contributed by atoms with Gasteiger partial charge in [0.2, 0.25) is 0 Å². The number of nitrogens with zero attached hydrogens (tertiary/aromatic N) is 2. The SMILES string of the molecule is Cc1nc2ccccc2n1CCCNC(=O)c1ccc(-c2ccc(F)cc2)o1. The van der Waals surface area contributed by atoms with Crippen LogP contribution >= 0.6 is 0 Å². The van der Waals surface area contributed by atoms with E-state index in [2.05, 4.69) is 14.9 Å². The maximum Gasteiger partial charge on any atom is 0.287 e. The van der Waals surface area contributed by atoms with E-state index in [4.69, 9.17) is 4.42 Å². The molecule has 5 nitrogen and oxygen atoms in total. The molecule has 0 aliphatic heterocycles. The molecule has 2 heterocycles. The van der Waals surface area contributed by atoms with Gasteiger partial charge in [-0.15, -0.1) is 0 Å². The molecule has 0 unspecified atom stereocenters. The number of nitrogens with one attached hydrogen (secondary N) is 1. The summed E-state index contributed by atoms with van der Waals surface area (Å²) in [4.78, 5) is 16.8. The van der Waals surface area contributed by atoms with Crippen molar-refractivity contribution in [3.8, 4) is 11.3 Å². The second kappa shape index (κ2) is 7.68. The van der Waals surface area contributed by atoms with Gasteiger partial charge in [-0.25, -0.2) is 9.37 Å². The molecule has 0 atom stereocenters. The van der Waals surface area contributed by atoms with Crippen molar-refractivity contribution >= 4 is 16.9 Å². The van der Waals surface area contributed by atoms with Crippen LogP contribution in [0.15, 0.2) is 65.1 Å². The van der Waals surface area contributed by atoms with Crippen LogP contribution in [-0.2, 0) is 6.54 Å². The maximum atomic E-state index is 13.0. The summed E-state index contributed by atoms with van der Waals surface area (Å²) in [5, 5.41) is 2.88. The number of imidazole rings is 1. The molecule has 0 fully saturated rings. The third-order valence-electron chi connectivity index (χ3n) is 4.65. The van der Waals surface area contributed by atoms with Crippen molar-refractivity contribution in [2.45, 2.75) is 19.9 Å². The van der Waals surface area contributed by atoms with Gasteiger partial charge in [-0.2, -0.15) is 0 Å². The van der Waals surface area contributed by atoms with Gasteiger partial charge in [0.15, 0.2) is 5.76 Å². The van der Waals surface area contributed by atoms with Crippen LogP contribution in [0.25, 0.3) is 22.4 Å². The predicted molar refractivity (Wildman–Crippen MR) is 106 cm³/mol. The van der Waals surface area contributed by atoms with E-state index < -0.39 is 0 Å². The van der Waals surface area contributed by atoms with Gasteiger partial charge in [0.1, 0.15) is 17.4 Å². The summed E-state index contributed by atoms with van der Waals surface area (Å²) in [6.45, 7) is 3.28. The van der Waals surface area contributed by atoms with E-state index in [9.17, 15) is 9.18 Å². The van der Waals surface area contributed by atoms with Crippen LogP contribution in [-0.4, -0.2) is 22.0 Å². The lowest BCUT2D eigenvalue weighted by Crippen LogP contribution is -2.24. The molecular weight excluding hydrogens is 357 g/mol. The number of aromatic nitrogens is 2. The number of para-hydroxylation sites is 2. The van der Waals surface area contributed by atoms with Crippen molar-refractivity contribution in [1.29, 1.82) is 0 Å². The number of hydrogen-bond donors (Lipinski definition) is 1. The van der Waals surface area contributed by atoms with Crippen LogP contribution in [0, 0.1) is 12.7 Å². The van der Waals surface area contributed by atoms with Crippen molar-refractivity contribution in [2.24, 2.45) is 0 Å². The van der Waals surface area contributed by atoms with Crippen LogP contribution in [0.4, 0.5) is 4.39 Å². The average molecular weight is 377 g/mol. The highest BCUT2D eigenvalue weighted by molar-refractivity contribution is 5.92. The van der Waals surface area contributed by atoms with Crippen LogP contribution in [0.1, 0.15) is 22.8 Å². The van der Waals surface area contributed by atoms with E-state index in [-0.39, 0.29) is 17.5 Å². The normalized spacial score (nSPS) is 11.1. The fraction of sp³-hybridized carbons (Fsp3) is 0.182. The zero-order valence-corrected chi connectivity index (χ0v) is 15.5. The number of halogens is 1. The minimum Gasteiger partial charge on any atom is -0.451 e. The van der Waals surface area contributed by atoms with E-state index in [0.717, 1.165) is 35.4 Å². The summed E-state index contributed by atoms with van der Waals surface area (Å²) in [7, 11) is 0. The molecule has 2 aromatic carbocycles. The number of fused-ring (bicyclic) bond motifs is 1. The topological polar surface area (TPSA) is 60.1 Å². The molecule has 0 aliphatic carbocycles. The number of furan rings is 1. The molecule has 0 saturated carbocycles. The zero-order chi connectivity index (χ0) is 19.5. The highest BCUT2D eigenvalue weighted by Crippen LogP contribution is 2.22. The Morgan fingerprint density at radius 3 is 2.71 bits per heavy atom. The lowest BCUT2D eigenvalue weighted by Gasteiger charge is -2.07. The quantitative estimate of drug-likeness (QED) is 0.501. The first-order valence-electron chi connectivity index (χ1n) is 9.17. The molecule has 4 rings (SSSR count). The molecule has 0 aliphatic rings. The number of aryl methyl sites for hydroxylation is 2. The van der Waals surface area contributed by atoms with Gasteiger partial charge in [0.25, 0.3) is 5.91 Å². The highest BCUT2D eigenvalue weighted by atomic mass is 19.1. The molecule has 0 saturated heterocycles. The van der Waals surface area contributed by atoms with E-state index >= 15 is 0 Å². The van der Waals surface area contributed by atoms with E-state index in [0.29, 0.717) is 12.3 Å². The minimum absolute atomic E-state index is 0.239. The largest absolute Gasteiger partial charge is 0.451 e. The van der Waals surface area contributed by atoms with Gasteiger partial charge in [0.05, 0.1) is 11.0 Å². The van der Waals surface area contributed by atoms with Crippen molar-refractivity contribution in [3.63, 3.8) is 0 Å². The Morgan fingerprint density at radius 2 is 1.89 bits per heavy atom. The second-order valence-electron chi connectivity index (χ2n) is 6.58. The standard InChI is InChI=1S/C22H20FN3O2/c1-15-25-18-5-2-3-6-19(18)26(15)14-4-13-24-22(27)21-12-11-20(28-21)16-7-9-17(23)10-8-16/h2-3,5-12H,4,13-14H2,1H3,(H,24,27). The average Bonchev–Trinajstić information content (AvgIpc) is 3.30. The van der Waals surface area contributed by atoms with Gasteiger partial charge >= 0.3 is 0 Å². The summed E-state index contributed by atoms with van der Waals surface area (Å²) in [6.07, 6.45) is 0.776. The maximum absolute atomic E-state index is 13.0. The molecule has 0 spiro atoms. The van der Waals surface area contributed by atoms with Crippen molar-refractivity contribution < 1.29 is 13.6 Å². The first kappa shape index (κ1) is 18.0. The molecular formula is C22H20FN3O2. The molecule has 2 aromatic heterocycles. The Kier molecular flexibility index (Phi) is 4.93. The molecule has 0 bridgehead atoms. The van der Waals surface area contributed by atoms with Crippen LogP contribution < -0.4 is 5.32 Å². The van der Waals surface area contributed by atoms with E-state index in [1.54, 1.807) is 24.3 Å². The zero-order valence-electron chi connectivity index (χ0n) is 15.5. The van der Waals surface area contributed by atoms with E-state index in [1.165, 1.54) is 12.1 Å². The van der Waals surface area contributed by atoms with Crippen LogP contribution in [0.3, 0.4) is 0 Å². The lowest BCUT2D eigenvalue weighted by atomic mass is 10.2. The summed E-state index contributed by atoms with van der Waals surface area (Å²) >= 11 is 0. The number of rotatable bonds is 6. The molecule has 6 heteroatoms. The van der Waals surface area contributed by atoms with E-state index in [1.807, 2.05) is 31.2 Å². The van der Waals surface area contributed by atoms with Gasteiger partial charge in [-0.3, -0.25) is 4.79 Å². The van der Waals surface area contributed by atoms with Gasteiger partial charge < -0.3 is 14.3 Å². The van der Waals surface area contributed by atoms with Crippen molar-refractivity contribution in [3.05, 3.63) is 78.1 Å². The van der Waals surface area contributed by atoms with Gasteiger partial charge in [-0.1, -0.05) is 12.1 Å². The molecule has 28 heavy (non-hydrogen) atoms. The fourth-order valence-corrected chi connectivity index (χ4v) is 3.23. The summed E-state index contributed by atoms with van der Waals surface area (Å²) in [5.41, 5.74) is 2.80. The van der Waals surface area contributed by atoms with Crippen molar-refractivity contribution in [1.82, 2.24) is 14.9 Å². The number of carbonyl (C=O) groups excluding carboxylic acids is 1. The Labute approximate surface area is 161 Å². The summed E-state index contributed by atoms with van der Waals surface area (Å²) in [6, 6.07) is 17.3. The van der Waals surface area contributed by atoms with Gasteiger partial charge in [-0.05, 0) is 61.9 Å². The summed E-state index contributed by atoms with van der Waals surface area (Å²) < 4.78 is 20.8. The summed E-state index contributed by atoms with van der Waals surface area (Å²) in [5.74, 6) is 1.16.